The monoisotopic (exact) mass is 262 g/mol. The molecule has 9 nitrogen and oxygen atoms in total. The zero-order valence-corrected chi connectivity index (χ0v) is 9.71. The Morgan fingerprint density at radius 3 is 1.94 bits per heavy atom. The lowest BCUT2D eigenvalue weighted by Crippen LogP contribution is -2.44. The maximum atomic E-state index is 11.3. The van der Waals surface area contributed by atoms with E-state index in [-0.39, 0.29) is 6.61 Å². The lowest BCUT2D eigenvalue weighted by Gasteiger charge is -2.16. The molecular weight excluding hydrogens is 248 g/mol. The minimum Gasteiger partial charge on any atom is -0.480 e. The van der Waals surface area contributed by atoms with Gasteiger partial charge in [0.15, 0.2) is 0 Å². The van der Waals surface area contributed by atoms with Crippen molar-refractivity contribution < 1.29 is 34.1 Å². The zero-order valence-electron chi connectivity index (χ0n) is 9.71. The molecule has 18 heavy (non-hydrogen) atoms. The van der Waals surface area contributed by atoms with E-state index >= 15 is 0 Å². The molecule has 0 rings (SSSR count). The second-order valence-corrected chi connectivity index (χ2v) is 3.20. The summed E-state index contributed by atoms with van der Waals surface area (Å²) in [6.07, 6.45) is -0.965. The van der Waals surface area contributed by atoms with Gasteiger partial charge in [-0.2, -0.15) is 0 Å². The van der Waals surface area contributed by atoms with Crippen LogP contribution < -0.4 is 5.32 Å². The van der Waals surface area contributed by atoms with E-state index in [1.165, 1.54) is 0 Å². The summed E-state index contributed by atoms with van der Waals surface area (Å²) < 4.78 is 4.43. The molecule has 0 fully saturated rings. The van der Waals surface area contributed by atoms with E-state index in [1.807, 2.05) is 5.32 Å². The molecule has 0 saturated heterocycles. The largest absolute Gasteiger partial charge is 0.480 e. The van der Waals surface area contributed by atoms with Crippen LogP contribution in [0, 0.1) is 0 Å². The van der Waals surface area contributed by atoms with E-state index in [9.17, 15) is 19.2 Å². The van der Waals surface area contributed by atoms with Gasteiger partial charge in [0.1, 0.15) is 0 Å². The third-order valence-corrected chi connectivity index (χ3v) is 1.60. The van der Waals surface area contributed by atoms with Crippen molar-refractivity contribution in [1.29, 1.82) is 0 Å². The fraction of sp³-hybridized carbons (Fsp3) is 0.556. The fourth-order valence-electron chi connectivity index (χ4n) is 1.07. The number of nitrogens with one attached hydrogen (secondary N) is 1. The van der Waals surface area contributed by atoms with Crippen LogP contribution in [0.5, 0.6) is 0 Å². The standard InChI is InChI=1S/C9H14N2O7/c1-2-18-9(17)10-6(12)3-11(4-7(13)14)5-8(15)16/h2-5H2,1H3,(H,13,14)(H,15,16)(H,10,12,17). The van der Waals surface area contributed by atoms with Crippen LogP contribution in [0.4, 0.5) is 4.79 Å². The van der Waals surface area contributed by atoms with Gasteiger partial charge in [0, 0.05) is 0 Å². The molecule has 0 saturated carbocycles. The maximum absolute atomic E-state index is 11.3. The normalized spacial score (nSPS) is 9.89. The molecule has 9 heteroatoms. The van der Waals surface area contributed by atoms with Gasteiger partial charge in [0.25, 0.3) is 0 Å². The van der Waals surface area contributed by atoms with E-state index in [2.05, 4.69) is 4.74 Å². The van der Waals surface area contributed by atoms with Crippen molar-refractivity contribution >= 4 is 23.9 Å². The molecule has 0 aliphatic carbocycles. The minimum atomic E-state index is -1.28. The molecule has 0 aliphatic rings. The Hall–Kier alpha value is -2.16. The predicted octanol–water partition coefficient (Wildman–Crippen LogP) is -1.27. The molecule has 0 atom stereocenters. The molecule has 0 spiro atoms. The Morgan fingerprint density at radius 1 is 1.06 bits per heavy atom. The first-order valence-corrected chi connectivity index (χ1v) is 4.97. The Labute approximate surface area is 102 Å². The van der Waals surface area contributed by atoms with E-state index < -0.39 is 43.6 Å². The molecule has 0 aliphatic heterocycles. The lowest BCUT2D eigenvalue weighted by atomic mass is 10.4. The van der Waals surface area contributed by atoms with E-state index in [0.29, 0.717) is 0 Å². The first-order chi connectivity index (χ1) is 8.35. The number of alkyl carbamates (subject to hydrolysis) is 1. The van der Waals surface area contributed by atoms with Crippen molar-refractivity contribution in [3.05, 3.63) is 0 Å². The summed E-state index contributed by atoms with van der Waals surface area (Å²) in [5.74, 6) is -3.39. The number of carboxylic acids is 2. The number of carbonyl (C=O) groups is 4. The molecule has 0 heterocycles. The van der Waals surface area contributed by atoms with Gasteiger partial charge in [0.05, 0.1) is 26.2 Å². The number of imide groups is 1. The number of nitrogens with zero attached hydrogens (tertiary/aromatic N) is 1. The van der Waals surface area contributed by atoms with E-state index in [1.54, 1.807) is 6.92 Å². The van der Waals surface area contributed by atoms with Crippen molar-refractivity contribution in [2.75, 3.05) is 26.2 Å². The van der Waals surface area contributed by atoms with Gasteiger partial charge in [-0.15, -0.1) is 0 Å². The molecule has 0 aromatic heterocycles. The van der Waals surface area contributed by atoms with Gasteiger partial charge >= 0.3 is 18.0 Å². The second-order valence-electron chi connectivity index (χ2n) is 3.20. The molecule has 102 valence electrons. The Bertz CT molecular complexity index is 326. The van der Waals surface area contributed by atoms with Crippen molar-refractivity contribution in [3.8, 4) is 0 Å². The van der Waals surface area contributed by atoms with Gasteiger partial charge in [-0.25, -0.2) is 4.79 Å². The average Bonchev–Trinajstić information content (AvgIpc) is 2.14. The summed E-state index contributed by atoms with van der Waals surface area (Å²) in [6, 6.07) is 0. The van der Waals surface area contributed by atoms with Crippen LogP contribution in [0.2, 0.25) is 0 Å². The number of aliphatic carboxylic acids is 2. The quantitative estimate of drug-likeness (QED) is 0.517. The highest BCUT2D eigenvalue weighted by Gasteiger charge is 2.18. The molecule has 0 aromatic carbocycles. The SMILES string of the molecule is CCOC(=O)NC(=O)CN(CC(=O)O)CC(=O)O. The molecule has 0 aromatic rings. The second kappa shape index (κ2) is 8.01. The highest BCUT2D eigenvalue weighted by atomic mass is 16.5. The zero-order chi connectivity index (χ0) is 14.1. The van der Waals surface area contributed by atoms with Gasteiger partial charge in [0.2, 0.25) is 5.91 Å². The van der Waals surface area contributed by atoms with Crippen LogP contribution in [-0.4, -0.2) is 65.3 Å². The molecule has 0 radical (unpaired) electrons. The van der Waals surface area contributed by atoms with Crippen LogP contribution >= 0.6 is 0 Å². The number of ether oxygens (including phenoxy) is 1. The number of amides is 2. The maximum Gasteiger partial charge on any atom is 0.413 e. The summed E-state index contributed by atoms with van der Waals surface area (Å²) in [5.41, 5.74) is 0. The summed E-state index contributed by atoms with van der Waals surface area (Å²) >= 11 is 0. The van der Waals surface area contributed by atoms with Crippen molar-refractivity contribution in [2.45, 2.75) is 6.92 Å². The van der Waals surface area contributed by atoms with Gasteiger partial charge < -0.3 is 14.9 Å². The van der Waals surface area contributed by atoms with Gasteiger partial charge in [-0.1, -0.05) is 0 Å². The molecule has 2 amide bonds. The highest BCUT2D eigenvalue weighted by molar-refractivity contribution is 5.93. The summed E-state index contributed by atoms with van der Waals surface area (Å²) in [5, 5.41) is 18.9. The number of carboxylic acid groups (broad SMARTS) is 2. The number of hydrogen-bond acceptors (Lipinski definition) is 6. The third kappa shape index (κ3) is 8.05. The van der Waals surface area contributed by atoms with Crippen molar-refractivity contribution in [1.82, 2.24) is 10.2 Å². The summed E-state index contributed by atoms with van der Waals surface area (Å²) in [4.78, 5) is 43.9. The minimum absolute atomic E-state index is 0.0765. The van der Waals surface area contributed by atoms with Crippen molar-refractivity contribution in [2.24, 2.45) is 0 Å². The number of hydrogen-bond donors (Lipinski definition) is 3. The Balaban J connectivity index is 4.29. The van der Waals surface area contributed by atoms with Gasteiger partial charge in [-0.3, -0.25) is 24.6 Å². The molecule has 0 bridgehead atoms. The smallest absolute Gasteiger partial charge is 0.413 e. The summed E-state index contributed by atoms with van der Waals surface area (Å²) in [7, 11) is 0. The van der Waals surface area contributed by atoms with Gasteiger partial charge in [-0.05, 0) is 6.92 Å². The fourth-order valence-corrected chi connectivity index (χ4v) is 1.07. The molecule has 0 unspecified atom stereocenters. The first kappa shape index (κ1) is 15.8. The molecular formula is C9H14N2O7. The van der Waals surface area contributed by atoms with Crippen LogP contribution in [0.25, 0.3) is 0 Å². The first-order valence-electron chi connectivity index (χ1n) is 4.97. The van der Waals surface area contributed by atoms with E-state index in [0.717, 1.165) is 4.90 Å². The summed E-state index contributed by atoms with van der Waals surface area (Å²) in [6.45, 7) is -0.152. The highest BCUT2D eigenvalue weighted by Crippen LogP contribution is 1.89. The topological polar surface area (TPSA) is 133 Å². The van der Waals surface area contributed by atoms with Crippen molar-refractivity contribution in [3.63, 3.8) is 0 Å². The van der Waals surface area contributed by atoms with Crippen LogP contribution in [-0.2, 0) is 19.1 Å². The van der Waals surface area contributed by atoms with Crippen LogP contribution in [0.15, 0.2) is 0 Å². The van der Waals surface area contributed by atoms with Crippen LogP contribution in [0.3, 0.4) is 0 Å². The number of rotatable bonds is 7. The predicted molar refractivity (Wildman–Crippen MR) is 56.9 cm³/mol. The van der Waals surface area contributed by atoms with E-state index in [4.69, 9.17) is 10.2 Å². The average molecular weight is 262 g/mol. The third-order valence-electron chi connectivity index (χ3n) is 1.60. The Kier molecular flexibility index (Phi) is 7.05. The lowest BCUT2D eigenvalue weighted by molar-refractivity contribution is -0.142. The molecule has 3 N–H and O–H groups in total. The number of carbonyl (C=O) groups excluding carboxylic acids is 2. The van der Waals surface area contributed by atoms with Crippen LogP contribution in [0.1, 0.15) is 6.92 Å². The Morgan fingerprint density at radius 2 is 1.56 bits per heavy atom.